The molecule has 17 heavy (non-hydrogen) atoms. The maximum absolute atomic E-state index is 5.32. The van der Waals surface area contributed by atoms with Crippen LogP contribution in [-0.2, 0) is 29.9 Å². The molecule has 0 unspecified atom stereocenters. The molecule has 0 aliphatic rings. The molecule has 0 spiro atoms. The van der Waals surface area contributed by atoms with Gasteiger partial charge in [-0.2, -0.15) is 17.7 Å². The van der Waals surface area contributed by atoms with Crippen molar-refractivity contribution in [2.45, 2.75) is 12.8 Å². The van der Waals surface area contributed by atoms with Crippen molar-refractivity contribution in [1.29, 1.82) is 0 Å². The van der Waals surface area contributed by atoms with Gasteiger partial charge in [-0.05, 0) is 13.1 Å². The molecule has 2 aromatic rings. The van der Waals surface area contributed by atoms with Crippen LogP contribution in [0.3, 0.4) is 0 Å². The van der Waals surface area contributed by atoms with E-state index < -0.39 is 0 Å². The first kappa shape index (κ1) is 16.1. The van der Waals surface area contributed by atoms with Gasteiger partial charge in [-0.25, -0.2) is 18.6 Å². The predicted octanol–water partition coefficient (Wildman–Crippen LogP) is 1.81. The van der Waals surface area contributed by atoms with Gasteiger partial charge in [0.15, 0.2) is 0 Å². The molecular weight excluding hydrogens is 252 g/mol. The van der Waals surface area contributed by atoms with E-state index in [-0.39, 0.29) is 17.1 Å². The Morgan fingerprint density at radius 1 is 0.882 bits per heavy atom. The summed E-state index contributed by atoms with van der Waals surface area (Å²) in [4.78, 5) is 0. The molecule has 0 aliphatic carbocycles. The summed E-state index contributed by atoms with van der Waals surface area (Å²) in [7, 11) is 0. The fourth-order valence-corrected chi connectivity index (χ4v) is 1.49. The Morgan fingerprint density at radius 3 is 1.88 bits per heavy atom. The summed E-state index contributed by atoms with van der Waals surface area (Å²) >= 11 is 0. The maximum atomic E-state index is 5.32. The van der Waals surface area contributed by atoms with Gasteiger partial charge in [0.1, 0.15) is 0 Å². The molecule has 4 N–H and O–H groups in total. The Labute approximate surface area is 114 Å². The minimum atomic E-state index is 0. The van der Waals surface area contributed by atoms with Crippen LogP contribution in [0, 0.1) is 0 Å². The van der Waals surface area contributed by atoms with E-state index in [1.165, 1.54) is 11.1 Å². The molecule has 0 aliphatic heterocycles. The Morgan fingerprint density at radius 2 is 1.41 bits per heavy atom. The molecule has 0 heterocycles. The van der Waals surface area contributed by atoms with E-state index in [1.807, 2.05) is 24.3 Å². The molecule has 0 saturated heterocycles. The van der Waals surface area contributed by atoms with Crippen molar-refractivity contribution in [3.05, 3.63) is 59.7 Å². The Bertz CT molecular complexity index is 302. The largest absolute Gasteiger partial charge is 0.748 e. The molecule has 2 nitrogen and oxygen atoms in total. The summed E-state index contributed by atoms with van der Waals surface area (Å²) in [6.07, 6.45) is 2.01. The van der Waals surface area contributed by atoms with Crippen LogP contribution in [0.25, 0.3) is 0 Å². The van der Waals surface area contributed by atoms with Crippen molar-refractivity contribution in [1.82, 2.24) is 0 Å². The molecule has 3 heteroatoms. The van der Waals surface area contributed by atoms with Gasteiger partial charge in [0.25, 0.3) is 0 Å². The van der Waals surface area contributed by atoms with Crippen LogP contribution in [-0.4, -0.2) is 13.1 Å². The van der Waals surface area contributed by atoms with E-state index in [0.717, 1.165) is 25.9 Å². The smallest absolute Gasteiger partial charge is 0 e. The van der Waals surface area contributed by atoms with Gasteiger partial charge in [-0.1, -0.05) is 6.42 Å². The van der Waals surface area contributed by atoms with Crippen molar-refractivity contribution in [2.75, 3.05) is 13.1 Å². The summed E-state index contributed by atoms with van der Waals surface area (Å²) in [5, 5.41) is 0. The van der Waals surface area contributed by atoms with Crippen LogP contribution in [0.15, 0.2) is 48.5 Å². The van der Waals surface area contributed by atoms with Gasteiger partial charge in [-0.15, -0.1) is 0 Å². The Kier molecular flexibility index (Phi) is 9.78. The third kappa shape index (κ3) is 7.14. The molecular formula is C14H20FeN2-6. The van der Waals surface area contributed by atoms with Crippen molar-refractivity contribution in [2.24, 2.45) is 11.5 Å². The van der Waals surface area contributed by atoms with Crippen molar-refractivity contribution in [3.63, 3.8) is 0 Å². The quantitative estimate of drug-likeness (QED) is 0.658. The molecule has 2 aromatic carbocycles. The first-order chi connectivity index (χ1) is 7.86. The van der Waals surface area contributed by atoms with Crippen LogP contribution in [0.5, 0.6) is 0 Å². The molecule has 0 amide bonds. The van der Waals surface area contributed by atoms with Crippen LogP contribution in [0.2, 0.25) is 0 Å². The van der Waals surface area contributed by atoms with Crippen molar-refractivity contribution >= 4 is 0 Å². The van der Waals surface area contributed by atoms with Gasteiger partial charge < -0.3 is 41.3 Å². The van der Waals surface area contributed by atoms with Gasteiger partial charge in [-0.3, -0.25) is 0 Å². The molecule has 0 fully saturated rings. The second kappa shape index (κ2) is 10.3. The Hall–Kier alpha value is -0.861. The molecule has 0 aromatic heterocycles. The van der Waals surface area contributed by atoms with Gasteiger partial charge in [0.05, 0.1) is 0 Å². The van der Waals surface area contributed by atoms with Crippen molar-refractivity contribution < 1.29 is 17.1 Å². The Balaban J connectivity index is 0.000000284. The zero-order valence-electron chi connectivity index (χ0n) is 9.96. The summed E-state index contributed by atoms with van der Waals surface area (Å²) in [6.45, 7) is 1.51. The number of nitrogens with two attached hydrogens (primary N) is 2. The summed E-state index contributed by atoms with van der Waals surface area (Å²) in [5.74, 6) is 0. The normalized spacial score (nSPS) is 9.06. The molecule has 0 bridgehead atoms. The molecule has 0 saturated carbocycles. The zero-order valence-corrected chi connectivity index (χ0v) is 11.1. The molecule has 0 atom stereocenters. The third-order valence-electron chi connectivity index (χ3n) is 2.33. The summed E-state index contributed by atoms with van der Waals surface area (Å²) in [5.41, 5.74) is 13.3. The second-order valence-electron chi connectivity index (χ2n) is 3.66. The van der Waals surface area contributed by atoms with E-state index in [2.05, 4.69) is 24.3 Å². The van der Waals surface area contributed by atoms with Crippen LogP contribution >= 0.6 is 0 Å². The first-order valence-electron chi connectivity index (χ1n) is 5.68. The number of hydrogen-bond donors (Lipinski definition) is 2. The molecule has 2 rings (SSSR count). The van der Waals surface area contributed by atoms with E-state index in [4.69, 9.17) is 11.5 Å². The predicted molar refractivity (Wildman–Crippen MR) is 69.6 cm³/mol. The standard InChI is InChI=1S/2C7H10N.Fe/c2*8-6-5-7-3-1-2-4-7;/h2*1-4H,5-6,8H2;/q-5;-1;. The van der Waals surface area contributed by atoms with Crippen LogP contribution in [0.4, 0.5) is 0 Å². The number of rotatable bonds is 4. The monoisotopic (exact) mass is 272 g/mol. The average molecular weight is 272 g/mol. The fourth-order valence-electron chi connectivity index (χ4n) is 1.49. The first-order valence-corrected chi connectivity index (χ1v) is 5.68. The third-order valence-corrected chi connectivity index (χ3v) is 2.33. The number of hydrogen-bond acceptors (Lipinski definition) is 2. The van der Waals surface area contributed by atoms with E-state index in [1.54, 1.807) is 0 Å². The SMILES string of the molecule is NCC[c-]1[cH-][cH-][cH-][cH-]1.NCC[c-]1cccc1.[Fe]. The topological polar surface area (TPSA) is 52.0 Å². The maximum Gasteiger partial charge on any atom is 0 e. The van der Waals surface area contributed by atoms with Crippen molar-refractivity contribution in [3.8, 4) is 0 Å². The van der Waals surface area contributed by atoms with E-state index in [9.17, 15) is 0 Å². The molecule has 0 radical (unpaired) electrons. The fraction of sp³-hybridized carbons (Fsp3) is 0.286. The summed E-state index contributed by atoms with van der Waals surface area (Å²) in [6, 6.07) is 16.5. The van der Waals surface area contributed by atoms with Gasteiger partial charge >= 0.3 is 0 Å². The van der Waals surface area contributed by atoms with Crippen LogP contribution < -0.4 is 11.5 Å². The molecule has 100 valence electrons. The second-order valence-corrected chi connectivity index (χ2v) is 3.66. The van der Waals surface area contributed by atoms with Crippen LogP contribution in [0.1, 0.15) is 11.1 Å². The van der Waals surface area contributed by atoms with Gasteiger partial charge in [0.2, 0.25) is 0 Å². The summed E-state index contributed by atoms with van der Waals surface area (Å²) < 4.78 is 0. The van der Waals surface area contributed by atoms with Gasteiger partial charge in [0, 0.05) is 17.1 Å². The average Bonchev–Trinajstić information content (AvgIpc) is 2.92. The van der Waals surface area contributed by atoms with E-state index >= 15 is 0 Å². The minimum absolute atomic E-state index is 0. The zero-order chi connectivity index (χ0) is 11.6. The minimum Gasteiger partial charge on any atom is -0.748 e. The van der Waals surface area contributed by atoms with E-state index in [0.29, 0.717) is 0 Å².